The molecule has 0 aromatic heterocycles. The Hall–Kier alpha value is -0.940. The summed E-state index contributed by atoms with van der Waals surface area (Å²) in [6.07, 6.45) is 0.338. The van der Waals surface area contributed by atoms with E-state index in [0.29, 0.717) is 6.42 Å². The van der Waals surface area contributed by atoms with E-state index in [4.69, 9.17) is 0 Å². The molecule has 0 unspecified atom stereocenters. The molecule has 0 radical (unpaired) electrons. The molecule has 2 saturated heterocycles. The zero-order valence-corrected chi connectivity index (χ0v) is 9.03. The van der Waals surface area contributed by atoms with Crippen molar-refractivity contribution in [3.05, 3.63) is 0 Å². The zero-order chi connectivity index (χ0) is 10.8. The molecule has 1 atom stereocenters. The summed E-state index contributed by atoms with van der Waals surface area (Å²) in [6, 6.07) is -0.212. The fourth-order valence-electron chi connectivity index (χ4n) is 2.23. The summed E-state index contributed by atoms with van der Waals surface area (Å²) >= 11 is 0. The number of hydrogen-bond donors (Lipinski definition) is 1. The summed E-state index contributed by atoms with van der Waals surface area (Å²) < 4.78 is 0. The van der Waals surface area contributed by atoms with Crippen molar-refractivity contribution in [2.24, 2.45) is 0 Å². The Bertz CT molecular complexity index is 272. The molecule has 0 aliphatic carbocycles. The number of carbonyl (C=O) groups excluding carboxylic acids is 2. The normalized spacial score (nSPS) is 29.5. The molecule has 0 spiro atoms. The smallest absolute Gasteiger partial charge is 0.244 e. The summed E-state index contributed by atoms with van der Waals surface area (Å²) in [5, 5.41) is 2.36. The second kappa shape index (κ2) is 4.28. The molecule has 2 aliphatic rings. The van der Waals surface area contributed by atoms with Gasteiger partial charge in [0.15, 0.2) is 0 Å². The predicted octanol–water partition coefficient (Wildman–Crippen LogP) is -0.961. The van der Waals surface area contributed by atoms with Gasteiger partial charge in [-0.2, -0.15) is 0 Å². The SMILES string of the molecule is CCN1CCN([C@@H]2CC(=O)NC2=O)CC1. The van der Waals surface area contributed by atoms with E-state index in [-0.39, 0.29) is 17.9 Å². The van der Waals surface area contributed by atoms with Crippen molar-refractivity contribution < 1.29 is 9.59 Å². The van der Waals surface area contributed by atoms with Gasteiger partial charge in [-0.05, 0) is 6.54 Å². The van der Waals surface area contributed by atoms with E-state index in [1.807, 2.05) is 0 Å². The second-order valence-corrected chi connectivity index (χ2v) is 4.10. The van der Waals surface area contributed by atoms with Gasteiger partial charge in [-0.1, -0.05) is 6.92 Å². The first-order valence-corrected chi connectivity index (χ1v) is 5.51. The average molecular weight is 211 g/mol. The van der Waals surface area contributed by atoms with Gasteiger partial charge in [0, 0.05) is 26.2 Å². The molecule has 2 amide bonds. The predicted molar refractivity (Wildman–Crippen MR) is 55.2 cm³/mol. The fourth-order valence-corrected chi connectivity index (χ4v) is 2.23. The largest absolute Gasteiger partial charge is 0.301 e. The van der Waals surface area contributed by atoms with Crippen molar-refractivity contribution in [1.29, 1.82) is 0 Å². The zero-order valence-electron chi connectivity index (χ0n) is 9.03. The van der Waals surface area contributed by atoms with Crippen molar-refractivity contribution in [2.75, 3.05) is 32.7 Å². The average Bonchev–Trinajstić information content (AvgIpc) is 2.58. The third-order valence-corrected chi connectivity index (χ3v) is 3.24. The fraction of sp³-hybridized carbons (Fsp3) is 0.800. The van der Waals surface area contributed by atoms with Crippen LogP contribution >= 0.6 is 0 Å². The van der Waals surface area contributed by atoms with E-state index < -0.39 is 0 Å². The van der Waals surface area contributed by atoms with E-state index in [1.165, 1.54) is 0 Å². The Morgan fingerprint density at radius 2 is 1.93 bits per heavy atom. The lowest BCUT2D eigenvalue weighted by Crippen LogP contribution is -2.52. The maximum atomic E-state index is 11.4. The number of hydrogen-bond acceptors (Lipinski definition) is 4. The van der Waals surface area contributed by atoms with Crippen molar-refractivity contribution in [1.82, 2.24) is 15.1 Å². The third kappa shape index (κ3) is 2.18. The maximum Gasteiger partial charge on any atom is 0.244 e. The molecule has 1 N–H and O–H groups in total. The van der Waals surface area contributed by atoms with Gasteiger partial charge >= 0.3 is 0 Å². The van der Waals surface area contributed by atoms with Crippen LogP contribution in [0, 0.1) is 0 Å². The molecule has 5 nitrogen and oxygen atoms in total. The molecule has 15 heavy (non-hydrogen) atoms. The summed E-state index contributed by atoms with van der Waals surface area (Å²) in [6.45, 7) is 6.96. The molecule has 0 aromatic rings. The van der Waals surface area contributed by atoms with Gasteiger partial charge in [-0.15, -0.1) is 0 Å². The Morgan fingerprint density at radius 3 is 2.40 bits per heavy atom. The molecule has 2 aliphatic heterocycles. The number of imide groups is 1. The van der Waals surface area contributed by atoms with Gasteiger partial charge in [0.25, 0.3) is 0 Å². The standard InChI is InChI=1S/C10H17N3O2/c1-2-12-3-5-13(6-4-12)8-7-9(14)11-10(8)15/h8H,2-7H2,1H3,(H,11,14,15)/t8-/m1/s1. The number of nitrogens with zero attached hydrogens (tertiary/aromatic N) is 2. The molecule has 5 heteroatoms. The number of amides is 2. The van der Waals surface area contributed by atoms with E-state index in [0.717, 1.165) is 32.7 Å². The van der Waals surface area contributed by atoms with Crippen LogP contribution in [0.2, 0.25) is 0 Å². The lowest BCUT2D eigenvalue weighted by molar-refractivity contribution is -0.126. The Labute approximate surface area is 89.4 Å². The van der Waals surface area contributed by atoms with Crippen LogP contribution in [-0.2, 0) is 9.59 Å². The summed E-state index contributed by atoms with van der Waals surface area (Å²) in [5.74, 6) is -0.257. The van der Waals surface area contributed by atoms with Gasteiger partial charge in [0.2, 0.25) is 11.8 Å². The number of rotatable bonds is 2. The lowest BCUT2D eigenvalue weighted by atomic mass is 10.2. The van der Waals surface area contributed by atoms with Crippen LogP contribution in [0.25, 0.3) is 0 Å². The summed E-state index contributed by atoms with van der Waals surface area (Å²) in [5.41, 5.74) is 0. The highest BCUT2D eigenvalue weighted by molar-refractivity contribution is 6.05. The molecule has 2 rings (SSSR count). The molecule has 0 bridgehead atoms. The number of carbonyl (C=O) groups is 2. The van der Waals surface area contributed by atoms with Gasteiger partial charge in [0.05, 0.1) is 12.5 Å². The summed E-state index contributed by atoms with van der Waals surface area (Å²) in [4.78, 5) is 27.0. The Kier molecular flexibility index (Phi) is 3.02. The minimum absolute atomic E-state index is 0.120. The molecule has 2 fully saturated rings. The number of nitrogens with one attached hydrogen (secondary N) is 1. The van der Waals surface area contributed by atoms with Gasteiger partial charge in [0.1, 0.15) is 0 Å². The molecular weight excluding hydrogens is 194 g/mol. The monoisotopic (exact) mass is 211 g/mol. The van der Waals surface area contributed by atoms with Gasteiger partial charge in [-0.25, -0.2) is 0 Å². The second-order valence-electron chi connectivity index (χ2n) is 4.10. The highest BCUT2D eigenvalue weighted by Gasteiger charge is 2.36. The van der Waals surface area contributed by atoms with Crippen LogP contribution in [0.4, 0.5) is 0 Å². The van der Waals surface area contributed by atoms with Crippen molar-refractivity contribution in [3.63, 3.8) is 0 Å². The van der Waals surface area contributed by atoms with Crippen LogP contribution in [0.15, 0.2) is 0 Å². The quantitative estimate of drug-likeness (QED) is 0.598. The van der Waals surface area contributed by atoms with Crippen LogP contribution in [-0.4, -0.2) is 60.4 Å². The van der Waals surface area contributed by atoms with Crippen molar-refractivity contribution >= 4 is 11.8 Å². The topological polar surface area (TPSA) is 52.6 Å². The Morgan fingerprint density at radius 1 is 1.27 bits per heavy atom. The molecule has 0 saturated carbocycles. The van der Waals surface area contributed by atoms with E-state index in [2.05, 4.69) is 22.0 Å². The third-order valence-electron chi connectivity index (χ3n) is 3.24. The van der Waals surface area contributed by atoms with Crippen LogP contribution in [0.5, 0.6) is 0 Å². The molecule has 2 heterocycles. The number of piperazine rings is 1. The van der Waals surface area contributed by atoms with Crippen LogP contribution in [0.1, 0.15) is 13.3 Å². The van der Waals surface area contributed by atoms with Crippen molar-refractivity contribution in [3.8, 4) is 0 Å². The maximum absolute atomic E-state index is 11.4. The Balaban J connectivity index is 1.90. The van der Waals surface area contributed by atoms with Gasteiger partial charge in [-0.3, -0.25) is 19.8 Å². The molecular formula is C10H17N3O2. The van der Waals surface area contributed by atoms with E-state index in [1.54, 1.807) is 0 Å². The molecule has 0 aromatic carbocycles. The highest BCUT2D eigenvalue weighted by atomic mass is 16.2. The van der Waals surface area contributed by atoms with E-state index in [9.17, 15) is 9.59 Å². The lowest BCUT2D eigenvalue weighted by Gasteiger charge is -2.36. The minimum atomic E-state index is -0.212. The van der Waals surface area contributed by atoms with Gasteiger partial charge < -0.3 is 4.90 Å². The van der Waals surface area contributed by atoms with Crippen molar-refractivity contribution in [2.45, 2.75) is 19.4 Å². The van der Waals surface area contributed by atoms with Crippen LogP contribution in [0.3, 0.4) is 0 Å². The minimum Gasteiger partial charge on any atom is -0.301 e. The first kappa shape index (κ1) is 10.6. The number of likely N-dealkylation sites (N-methyl/N-ethyl adjacent to an activating group) is 1. The highest BCUT2D eigenvalue weighted by Crippen LogP contribution is 2.13. The first-order chi connectivity index (χ1) is 7.20. The first-order valence-electron chi connectivity index (χ1n) is 5.51. The summed E-state index contributed by atoms with van der Waals surface area (Å²) in [7, 11) is 0. The van der Waals surface area contributed by atoms with Crippen LogP contribution < -0.4 is 5.32 Å². The molecule has 84 valence electrons. The van der Waals surface area contributed by atoms with E-state index >= 15 is 0 Å².